The van der Waals surface area contributed by atoms with Gasteiger partial charge in [-0.05, 0) is 11.3 Å². The fourth-order valence-electron chi connectivity index (χ4n) is 2.99. The third-order valence-corrected chi connectivity index (χ3v) is 3.79. The minimum atomic E-state index is -0.225. The first kappa shape index (κ1) is 13.7. The summed E-state index contributed by atoms with van der Waals surface area (Å²) in [4.78, 5) is 12.4. The number of carbonyl (C=O) groups excluding carboxylic acids is 1. The zero-order valence-corrected chi connectivity index (χ0v) is 11.9. The van der Waals surface area contributed by atoms with Gasteiger partial charge in [0.25, 0.3) is 0 Å². The van der Waals surface area contributed by atoms with Gasteiger partial charge in [-0.3, -0.25) is 4.79 Å². The topological polar surface area (TPSA) is 76.1 Å². The number of ether oxygens (including phenoxy) is 1. The minimum absolute atomic E-state index is 0.0881. The lowest BCUT2D eigenvalue weighted by Crippen LogP contribution is -2.35. The molecule has 1 unspecified atom stereocenters. The monoisotopic (exact) mass is 260 g/mol. The van der Waals surface area contributed by atoms with Gasteiger partial charge in [-0.15, -0.1) is 0 Å². The predicted molar refractivity (Wildman–Crippen MR) is 71.3 cm³/mol. The highest BCUT2D eigenvalue weighted by Crippen LogP contribution is 2.46. The van der Waals surface area contributed by atoms with Crippen molar-refractivity contribution < 1.29 is 9.53 Å². The Morgan fingerprint density at radius 2 is 2.05 bits per heavy atom. The van der Waals surface area contributed by atoms with E-state index < -0.39 is 0 Å². The Morgan fingerprint density at radius 1 is 1.42 bits per heavy atom. The summed E-state index contributed by atoms with van der Waals surface area (Å²) >= 11 is 0. The van der Waals surface area contributed by atoms with Crippen molar-refractivity contribution in [2.45, 2.75) is 40.5 Å². The van der Waals surface area contributed by atoms with E-state index in [1.165, 1.54) is 0 Å². The highest BCUT2D eigenvalue weighted by atomic mass is 16.5. The van der Waals surface area contributed by atoms with Gasteiger partial charge in [0.05, 0.1) is 5.57 Å². The first-order valence-corrected chi connectivity index (χ1v) is 6.60. The van der Waals surface area contributed by atoms with Crippen molar-refractivity contribution in [2.24, 2.45) is 23.0 Å². The van der Waals surface area contributed by atoms with Crippen LogP contribution < -0.4 is 5.73 Å². The van der Waals surface area contributed by atoms with E-state index in [0.29, 0.717) is 29.7 Å². The summed E-state index contributed by atoms with van der Waals surface area (Å²) in [5, 5.41) is 9.26. The molecule has 102 valence electrons. The summed E-state index contributed by atoms with van der Waals surface area (Å²) < 4.78 is 5.57. The summed E-state index contributed by atoms with van der Waals surface area (Å²) in [6.07, 6.45) is 1.19. The smallest absolute Gasteiger partial charge is 0.204 e. The summed E-state index contributed by atoms with van der Waals surface area (Å²) in [5.74, 6) is 0.830. The molecule has 1 aliphatic heterocycles. The molecule has 0 aromatic carbocycles. The Labute approximate surface area is 113 Å². The Hall–Kier alpha value is -1.76. The molecule has 0 saturated heterocycles. The molecular formula is C15H20N2O2. The maximum atomic E-state index is 12.4. The van der Waals surface area contributed by atoms with E-state index in [0.717, 1.165) is 0 Å². The van der Waals surface area contributed by atoms with Crippen molar-refractivity contribution in [1.29, 1.82) is 5.26 Å². The molecule has 0 radical (unpaired) electrons. The normalized spacial score (nSPS) is 26.1. The molecule has 1 atom stereocenters. The highest BCUT2D eigenvalue weighted by molar-refractivity contribution is 5.98. The molecule has 0 aromatic rings. The number of ketones is 1. The van der Waals surface area contributed by atoms with Gasteiger partial charge >= 0.3 is 0 Å². The first-order valence-electron chi connectivity index (χ1n) is 6.60. The molecular weight excluding hydrogens is 240 g/mol. The summed E-state index contributed by atoms with van der Waals surface area (Å²) in [5.41, 5.74) is 6.80. The van der Waals surface area contributed by atoms with Crippen LogP contribution in [0.5, 0.6) is 0 Å². The van der Waals surface area contributed by atoms with Crippen LogP contribution in [0, 0.1) is 28.6 Å². The van der Waals surface area contributed by atoms with Gasteiger partial charge in [0.1, 0.15) is 11.8 Å². The van der Waals surface area contributed by atoms with E-state index in [-0.39, 0.29) is 28.9 Å². The molecule has 1 aliphatic carbocycles. The number of Topliss-reactive ketones (excluding diaryl/α,β-unsaturated/α-hetero) is 1. The van der Waals surface area contributed by atoms with Crippen LogP contribution in [-0.2, 0) is 9.53 Å². The average Bonchev–Trinajstić information content (AvgIpc) is 2.24. The lowest BCUT2D eigenvalue weighted by Gasteiger charge is -2.38. The number of nitriles is 1. The number of rotatable bonds is 1. The van der Waals surface area contributed by atoms with Gasteiger partial charge in [-0.25, -0.2) is 0 Å². The predicted octanol–water partition coefficient (Wildman–Crippen LogP) is 2.63. The van der Waals surface area contributed by atoms with E-state index in [2.05, 4.69) is 6.07 Å². The van der Waals surface area contributed by atoms with Crippen molar-refractivity contribution >= 4 is 5.78 Å². The molecule has 0 saturated carbocycles. The average molecular weight is 260 g/mol. The van der Waals surface area contributed by atoms with E-state index in [1.807, 2.05) is 27.7 Å². The summed E-state index contributed by atoms with van der Waals surface area (Å²) in [6.45, 7) is 8.08. The van der Waals surface area contributed by atoms with Crippen LogP contribution in [0.15, 0.2) is 22.8 Å². The van der Waals surface area contributed by atoms with Gasteiger partial charge < -0.3 is 10.5 Å². The van der Waals surface area contributed by atoms with Crippen LogP contribution in [0.3, 0.4) is 0 Å². The third kappa shape index (κ3) is 2.25. The van der Waals surface area contributed by atoms with E-state index in [9.17, 15) is 10.1 Å². The summed E-state index contributed by atoms with van der Waals surface area (Å²) in [7, 11) is 0. The molecule has 2 rings (SSSR count). The van der Waals surface area contributed by atoms with E-state index in [1.54, 1.807) is 0 Å². The maximum Gasteiger partial charge on any atom is 0.204 e. The maximum absolute atomic E-state index is 12.4. The lowest BCUT2D eigenvalue weighted by molar-refractivity contribution is -0.119. The minimum Gasteiger partial charge on any atom is -0.444 e. The second-order valence-corrected chi connectivity index (χ2v) is 6.49. The number of hydrogen-bond donors (Lipinski definition) is 1. The number of carbonyl (C=O) groups is 1. The largest absolute Gasteiger partial charge is 0.444 e. The zero-order chi connectivity index (χ0) is 14.4. The Morgan fingerprint density at radius 3 is 2.58 bits per heavy atom. The fourth-order valence-corrected chi connectivity index (χ4v) is 2.99. The lowest BCUT2D eigenvalue weighted by atomic mass is 9.69. The molecule has 0 amide bonds. The molecule has 2 N–H and O–H groups in total. The van der Waals surface area contributed by atoms with Gasteiger partial charge in [0, 0.05) is 24.3 Å². The Balaban J connectivity index is 2.54. The van der Waals surface area contributed by atoms with Crippen LogP contribution in [0.2, 0.25) is 0 Å². The van der Waals surface area contributed by atoms with Crippen molar-refractivity contribution in [3.63, 3.8) is 0 Å². The van der Waals surface area contributed by atoms with Crippen molar-refractivity contribution in [3.05, 3.63) is 22.8 Å². The second-order valence-electron chi connectivity index (χ2n) is 6.49. The second kappa shape index (κ2) is 4.41. The number of nitrogens with two attached hydrogens (primary N) is 1. The standard InChI is InChI=1S/C15H20N2O2/c1-8(2)12-9(7-16)14(17)19-11-6-15(3,4)5-10(18)13(11)12/h8,12H,5-6,17H2,1-4H3. The van der Waals surface area contributed by atoms with Gasteiger partial charge in [0.15, 0.2) is 5.78 Å². The molecule has 0 aromatic heterocycles. The molecule has 1 heterocycles. The van der Waals surface area contributed by atoms with Crippen molar-refractivity contribution in [3.8, 4) is 6.07 Å². The molecule has 0 bridgehead atoms. The van der Waals surface area contributed by atoms with Crippen LogP contribution in [0.1, 0.15) is 40.5 Å². The number of allylic oxidation sites excluding steroid dienone is 3. The number of nitrogens with zero attached hydrogens (tertiary/aromatic N) is 1. The van der Waals surface area contributed by atoms with Crippen LogP contribution in [-0.4, -0.2) is 5.78 Å². The molecule has 0 fully saturated rings. The highest BCUT2D eigenvalue weighted by Gasteiger charge is 2.43. The van der Waals surface area contributed by atoms with Crippen molar-refractivity contribution in [1.82, 2.24) is 0 Å². The molecule has 4 nitrogen and oxygen atoms in total. The zero-order valence-electron chi connectivity index (χ0n) is 11.9. The van der Waals surface area contributed by atoms with Crippen LogP contribution in [0.25, 0.3) is 0 Å². The van der Waals surface area contributed by atoms with E-state index >= 15 is 0 Å². The van der Waals surface area contributed by atoms with Gasteiger partial charge in [-0.1, -0.05) is 27.7 Å². The van der Waals surface area contributed by atoms with Crippen LogP contribution in [0.4, 0.5) is 0 Å². The number of hydrogen-bond acceptors (Lipinski definition) is 4. The summed E-state index contributed by atoms with van der Waals surface area (Å²) in [6, 6.07) is 2.10. The van der Waals surface area contributed by atoms with Gasteiger partial charge in [-0.2, -0.15) is 5.26 Å². The Bertz CT molecular complexity index is 533. The first-order chi connectivity index (χ1) is 8.76. The quantitative estimate of drug-likeness (QED) is 0.786. The SMILES string of the molecule is CC(C)C1C(C#N)=C(N)OC2=C1C(=O)CC(C)(C)C2. The molecule has 2 aliphatic rings. The van der Waals surface area contributed by atoms with Crippen LogP contribution >= 0.6 is 0 Å². The van der Waals surface area contributed by atoms with Crippen molar-refractivity contribution in [2.75, 3.05) is 0 Å². The molecule has 19 heavy (non-hydrogen) atoms. The fraction of sp³-hybridized carbons (Fsp3) is 0.600. The third-order valence-electron chi connectivity index (χ3n) is 3.79. The van der Waals surface area contributed by atoms with Gasteiger partial charge in [0.2, 0.25) is 5.88 Å². The molecule has 4 heteroatoms. The molecule has 0 spiro atoms. The Kier molecular flexibility index (Phi) is 3.17. The van der Waals surface area contributed by atoms with E-state index in [4.69, 9.17) is 10.5 Å².